The maximum absolute atomic E-state index is 12.7. The molecular weight excluding hydrogens is 350 g/mol. The fraction of sp³-hybridized carbons (Fsp3) is 0.632. The zero-order valence-corrected chi connectivity index (χ0v) is 16.2. The molecule has 1 saturated heterocycles. The molecule has 1 aromatic carbocycles. The summed E-state index contributed by atoms with van der Waals surface area (Å²) in [4.78, 5) is 11.0. The Morgan fingerprint density at radius 2 is 1.65 bits per heavy atom. The van der Waals surface area contributed by atoms with Crippen molar-refractivity contribution in [1.82, 2.24) is 4.31 Å². The van der Waals surface area contributed by atoms with Crippen LogP contribution in [0.5, 0.6) is 0 Å². The summed E-state index contributed by atoms with van der Waals surface area (Å²) >= 11 is 0. The lowest BCUT2D eigenvalue weighted by molar-refractivity contribution is -0.118. The highest BCUT2D eigenvalue weighted by molar-refractivity contribution is 7.89. The monoisotopic (exact) mass is 381 g/mol. The summed E-state index contributed by atoms with van der Waals surface area (Å²) in [6, 6.07) is 7.24. The molecule has 0 aliphatic carbocycles. The first-order valence-corrected chi connectivity index (χ1v) is 10.9. The first-order valence-electron chi connectivity index (χ1n) is 9.51. The number of benzene rings is 1. The zero-order chi connectivity index (χ0) is 19.0. The lowest BCUT2D eigenvalue weighted by Crippen LogP contribution is -2.39. The number of hydrogen-bond acceptors (Lipinski definition) is 4. The molecule has 7 heteroatoms. The van der Waals surface area contributed by atoms with Crippen molar-refractivity contribution in [3.63, 3.8) is 0 Å². The van der Waals surface area contributed by atoms with E-state index in [-0.39, 0.29) is 5.91 Å². The van der Waals surface area contributed by atoms with Crippen LogP contribution in [0.25, 0.3) is 0 Å². The standard InChI is InChI=1S/C19H31N3O3S/c20-15-17-11-13-22(14-12-17)26(24,25)18-9-7-16(8-10-18)5-3-1-2-4-6-19(21)23/h7-10,17H,1-6,11-15,20H2,(H2,21,23). The minimum absolute atomic E-state index is 0.242. The molecule has 0 aromatic heterocycles. The van der Waals surface area contributed by atoms with Crippen molar-refractivity contribution in [3.8, 4) is 0 Å². The summed E-state index contributed by atoms with van der Waals surface area (Å²) < 4.78 is 27.1. The van der Waals surface area contributed by atoms with Crippen LogP contribution in [-0.2, 0) is 21.2 Å². The Kier molecular flexibility index (Phi) is 8.06. The minimum Gasteiger partial charge on any atom is -0.370 e. The highest BCUT2D eigenvalue weighted by atomic mass is 32.2. The average molecular weight is 382 g/mol. The first kappa shape index (κ1) is 20.9. The van der Waals surface area contributed by atoms with E-state index in [1.54, 1.807) is 16.4 Å². The number of aryl methyl sites for hydroxylation is 1. The molecule has 0 unspecified atom stereocenters. The Balaban J connectivity index is 1.81. The lowest BCUT2D eigenvalue weighted by atomic mass is 9.99. The number of hydrogen-bond donors (Lipinski definition) is 2. The van der Waals surface area contributed by atoms with Crippen molar-refractivity contribution in [3.05, 3.63) is 29.8 Å². The highest BCUT2D eigenvalue weighted by Gasteiger charge is 2.28. The van der Waals surface area contributed by atoms with Gasteiger partial charge in [0.2, 0.25) is 15.9 Å². The van der Waals surface area contributed by atoms with Gasteiger partial charge in [0.25, 0.3) is 0 Å². The van der Waals surface area contributed by atoms with E-state index in [4.69, 9.17) is 11.5 Å². The number of piperidine rings is 1. The van der Waals surface area contributed by atoms with Crippen molar-refractivity contribution in [2.24, 2.45) is 17.4 Å². The molecule has 0 bridgehead atoms. The molecule has 0 atom stereocenters. The van der Waals surface area contributed by atoms with Crippen molar-refractivity contribution < 1.29 is 13.2 Å². The Labute approximate surface area is 157 Å². The number of nitrogens with zero attached hydrogens (tertiary/aromatic N) is 1. The molecule has 1 heterocycles. The summed E-state index contributed by atoms with van der Waals surface area (Å²) in [6.07, 6.45) is 6.95. The third-order valence-corrected chi connectivity index (χ3v) is 7.02. The van der Waals surface area contributed by atoms with E-state index in [0.717, 1.165) is 50.5 Å². The van der Waals surface area contributed by atoms with E-state index < -0.39 is 10.0 Å². The molecule has 2 rings (SSSR count). The number of nitrogens with two attached hydrogens (primary N) is 2. The molecule has 1 aliphatic heterocycles. The molecule has 0 radical (unpaired) electrons. The summed E-state index contributed by atoms with van der Waals surface area (Å²) in [5, 5.41) is 0. The third kappa shape index (κ3) is 6.07. The Morgan fingerprint density at radius 3 is 2.23 bits per heavy atom. The van der Waals surface area contributed by atoms with Gasteiger partial charge in [-0.05, 0) is 62.3 Å². The summed E-state index contributed by atoms with van der Waals surface area (Å²) in [5.74, 6) is 0.195. The molecule has 1 amide bonds. The second-order valence-electron chi connectivity index (χ2n) is 7.11. The normalized spacial score (nSPS) is 16.7. The maximum Gasteiger partial charge on any atom is 0.243 e. The molecule has 1 fully saturated rings. The van der Waals surface area contributed by atoms with Crippen molar-refractivity contribution in [2.75, 3.05) is 19.6 Å². The smallest absolute Gasteiger partial charge is 0.243 e. The number of carbonyl (C=O) groups is 1. The fourth-order valence-electron chi connectivity index (χ4n) is 3.34. The second-order valence-corrected chi connectivity index (χ2v) is 9.05. The van der Waals surface area contributed by atoms with Gasteiger partial charge in [0.05, 0.1) is 4.90 Å². The molecule has 4 N–H and O–H groups in total. The van der Waals surface area contributed by atoms with Gasteiger partial charge in [-0.15, -0.1) is 0 Å². The third-order valence-electron chi connectivity index (χ3n) is 5.11. The summed E-state index contributed by atoms with van der Waals surface area (Å²) in [5.41, 5.74) is 11.9. The molecule has 6 nitrogen and oxygen atoms in total. The van der Waals surface area contributed by atoms with Gasteiger partial charge in [0.1, 0.15) is 0 Å². The van der Waals surface area contributed by atoms with Gasteiger partial charge in [0, 0.05) is 19.5 Å². The highest BCUT2D eigenvalue weighted by Crippen LogP contribution is 2.23. The average Bonchev–Trinajstić information content (AvgIpc) is 2.64. The largest absolute Gasteiger partial charge is 0.370 e. The lowest BCUT2D eigenvalue weighted by Gasteiger charge is -2.30. The van der Waals surface area contributed by atoms with E-state index in [1.807, 2.05) is 12.1 Å². The van der Waals surface area contributed by atoms with Gasteiger partial charge >= 0.3 is 0 Å². The topological polar surface area (TPSA) is 106 Å². The van der Waals surface area contributed by atoms with E-state index >= 15 is 0 Å². The number of rotatable bonds is 10. The number of sulfonamides is 1. The Morgan fingerprint density at radius 1 is 1.04 bits per heavy atom. The molecule has 1 aromatic rings. The number of primary amides is 1. The van der Waals surface area contributed by atoms with E-state index in [2.05, 4.69) is 0 Å². The second kappa shape index (κ2) is 10.0. The number of amides is 1. The molecule has 0 spiro atoms. The molecule has 0 saturated carbocycles. The van der Waals surface area contributed by atoms with Crippen LogP contribution >= 0.6 is 0 Å². The minimum atomic E-state index is -3.40. The van der Waals surface area contributed by atoms with E-state index in [0.29, 0.717) is 36.9 Å². The van der Waals surface area contributed by atoms with Crippen LogP contribution in [0.4, 0.5) is 0 Å². The van der Waals surface area contributed by atoms with E-state index in [9.17, 15) is 13.2 Å². The van der Waals surface area contributed by atoms with Crippen LogP contribution in [-0.4, -0.2) is 38.3 Å². The summed E-state index contributed by atoms with van der Waals surface area (Å²) in [6.45, 7) is 1.74. The SMILES string of the molecule is NCC1CCN(S(=O)(=O)c2ccc(CCCCCCC(N)=O)cc2)CC1. The van der Waals surface area contributed by atoms with Gasteiger partial charge in [-0.25, -0.2) is 8.42 Å². The number of unbranched alkanes of at least 4 members (excludes halogenated alkanes) is 3. The van der Waals surface area contributed by atoms with Crippen LogP contribution in [0.2, 0.25) is 0 Å². The van der Waals surface area contributed by atoms with Gasteiger partial charge < -0.3 is 11.5 Å². The zero-order valence-electron chi connectivity index (χ0n) is 15.4. The number of carbonyl (C=O) groups excluding carboxylic acids is 1. The van der Waals surface area contributed by atoms with Crippen LogP contribution < -0.4 is 11.5 Å². The summed E-state index contributed by atoms with van der Waals surface area (Å²) in [7, 11) is -3.40. The predicted octanol–water partition coefficient (Wildman–Crippen LogP) is 2.02. The van der Waals surface area contributed by atoms with Crippen LogP contribution in [0.1, 0.15) is 50.5 Å². The maximum atomic E-state index is 12.7. The quantitative estimate of drug-likeness (QED) is 0.605. The van der Waals surface area contributed by atoms with Gasteiger partial charge in [-0.2, -0.15) is 4.31 Å². The molecule has 1 aliphatic rings. The van der Waals surface area contributed by atoms with E-state index in [1.165, 1.54) is 0 Å². The van der Waals surface area contributed by atoms with Crippen molar-refractivity contribution >= 4 is 15.9 Å². The predicted molar refractivity (Wildman–Crippen MR) is 103 cm³/mol. The molecule has 26 heavy (non-hydrogen) atoms. The van der Waals surface area contributed by atoms with Crippen molar-refractivity contribution in [2.45, 2.75) is 56.3 Å². The van der Waals surface area contributed by atoms with Gasteiger partial charge in [0.15, 0.2) is 0 Å². The Hall–Kier alpha value is -1.44. The first-order chi connectivity index (χ1) is 12.4. The molecular formula is C19H31N3O3S. The van der Waals surface area contributed by atoms with Crippen molar-refractivity contribution in [1.29, 1.82) is 0 Å². The van der Waals surface area contributed by atoms with Gasteiger partial charge in [-0.1, -0.05) is 25.0 Å². The van der Waals surface area contributed by atoms with Crippen LogP contribution in [0.3, 0.4) is 0 Å². The molecule has 146 valence electrons. The Bertz CT molecular complexity index is 666. The van der Waals surface area contributed by atoms with Gasteiger partial charge in [-0.3, -0.25) is 4.79 Å². The van der Waals surface area contributed by atoms with Crippen LogP contribution in [0, 0.1) is 5.92 Å². The van der Waals surface area contributed by atoms with Crippen LogP contribution in [0.15, 0.2) is 29.2 Å². The fourth-order valence-corrected chi connectivity index (χ4v) is 4.81.